The van der Waals surface area contributed by atoms with Gasteiger partial charge in [0.25, 0.3) is 0 Å². The molecule has 1 heterocycles. The molecule has 0 aliphatic carbocycles. The lowest BCUT2D eigenvalue weighted by Crippen LogP contribution is -2.22. The molecular weight excluding hydrogens is 274 g/mol. The third kappa shape index (κ3) is 3.82. The minimum Gasteiger partial charge on any atom is -0.303 e. The van der Waals surface area contributed by atoms with Crippen molar-refractivity contribution in [3.05, 3.63) is 34.3 Å². The number of nitrogens with zero attached hydrogens (tertiary/aromatic N) is 1. The van der Waals surface area contributed by atoms with Gasteiger partial charge in [-0.3, -0.25) is 0 Å². The van der Waals surface area contributed by atoms with E-state index in [4.69, 9.17) is 0 Å². The van der Waals surface area contributed by atoms with Gasteiger partial charge in [0.2, 0.25) is 0 Å². The average Bonchev–Trinajstić information content (AvgIpc) is 2.76. The first-order valence-electron chi connectivity index (χ1n) is 6.63. The highest BCUT2D eigenvalue weighted by Gasteiger charge is 2.23. The van der Waals surface area contributed by atoms with Crippen molar-refractivity contribution in [2.45, 2.75) is 32.6 Å². The normalized spacial score (nSPS) is 21.3. The first kappa shape index (κ1) is 13.1. The minimum atomic E-state index is 0.746. The molecule has 1 aromatic rings. The summed E-state index contributed by atoms with van der Waals surface area (Å²) in [5, 5.41) is 0. The number of halogens is 1. The maximum Gasteiger partial charge on any atom is 0.0175 e. The molecule has 17 heavy (non-hydrogen) atoms. The monoisotopic (exact) mass is 295 g/mol. The highest BCUT2D eigenvalue weighted by Crippen LogP contribution is 2.28. The SMILES string of the molecule is CC(C)CCN1CCC(c2ccc(Br)cc2)C1. The van der Waals surface area contributed by atoms with Crippen LogP contribution in [0, 0.1) is 5.92 Å². The Bertz CT molecular complexity index is 344. The van der Waals surface area contributed by atoms with E-state index in [0.29, 0.717) is 0 Å². The number of likely N-dealkylation sites (tertiary alicyclic amines) is 1. The van der Waals surface area contributed by atoms with Crippen LogP contribution in [-0.2, 0) is 0 Å². The second-order valence-electron chi connectivity index (χ2n) is 5.52. The van der Waals surface area contributed by atoms with Crippen molar-refractivity contribution in [3.8, 4) is 0 Å². The molecule has 1 aromatic carbocycles. The maximum atomic E-state index is 3.50. The summed E-state index contributed by atoms with van der Waals surface area (Å²) >= 11 is 3.50. The van der Waals surface area contributed by atoms with E-state index in [2.05, 4.69) is 58.9 Å². The zero-order valence-electron chi connectivity index (χ0n) is 10.8. The topological polar surface area (TPSA) is 3.24 Å². The van der Waals surface area contributed by atoms with Crippen LogP contribution in [0.1, 0.15) is 38.2 Å². The van der Waals surface area contributed by atoms with Gasteiger partial charge in [-0.25, -0.2) is 0 Å². The fourth-order valence-corrected chi connectivity index (χ4v) is 2.75. The molecule has 0 saturated carbocycles. The molecule has 0 radical (unpaired) electrons. The summed E-state index contributed by atoms with van der Waals surface area (Å²) in [5.74, 6) is 1.57. The maximum absolute atomic E-state index is 3.50. The molecule has 0 amide bonds. The first-order chi connectivity index (χ1) is 8.15. The van der Waals surface area contributed by atoms with E-state index in [1.54, 1.807) is 0 Å². The summed E-state index contributed by atoms with van der Waals surface area (Å²) in [5.41, 5.74) is 1.50. The van der Waals surface area contributed by atoms with Crippen molar-refractivity contribution < 1.29 is 0 Å². The molecule has 0 bridgehead atoms. The second kappa shape index (κ2) is 6.01. The van der Waals surface area contributed by atoms with Gasteiger partial charge >= 0.3 is 0 Å². The molecular formula is C15H22BrN. The summed E-state index contributed by atoms with van der Waals surface area (Å²) in [6.45, 7) is 8.40. The Hall–Kier alpha value is -0.340. The van der Waals surface area contributed by atoms with E-state index in [-0.39, 0.29) is 0 Å². The molecule has 1 unspecified atom stereocenters. The van der Waals surface area contributed by atoms with Gasteiger partial charge in [-0.2, -0.15) is 0 Å². The summed E-state index contributed by atoms with van der Waals surface area (Å²) in [7, 11) is 0. The Morgan fingerprint density at radius 2 is 2.00 bits per heavy atom. The molecule has 2 heteroatoms. The molecule has 1 saturated heterocycles. The van der Waals surface area contributed by atoms with Crippen LogP contribution >= 0.6 is 15.9 Å². The molecule has 1 aliphatic heterocycles. The van der Waals surface area contributed by atoms with Crippen LogP contribution in [0.3, 0.4) is 0 Å². The Labute approximate surface area is 113 Å². The number of rotatable bonds is 4. The van der Waals surface area contributed by atoms with Gasteiger partial charge in [0.05, 0.1) is 0 Å². The fraction of sp³-hybridized carbons (Fsp3) is 0.600. The lowest BCUT2D eigenvalue weighted by molar-refractivity contribution is 0.310. The van der Waals surface area contributed by atoms with E-state index in [9.17, 15) is 0 Å². The molecule has 2 rings (SSSR count). The van der Waals surface area contributed by atoms with E-state index < -0.39 is 0 Å². The third-order valence-electron chi connectivity index (χ3n) is 3.64. The number of hydrogen-bond acceptors (Lipinski definition) is 1. The first-order valence-corrected chi connectivity index (χ1v) is 7.42. The summed E-state index contributed by atoms with van der Waals surface area (Å²) in [4.78, 5) is 2.62. The number of benzene rings is 1. The van der Waals surface area contributed by atoms with E-state index in [1.165, 1.54) is 42.5 Å². The van der Waals surface area contributed by atoms with Crippen molar-refractivity contribution in [1.29, 1.82) is 0 Å². The van der Waals surface area contributed by atoms with Gasteiger partial charge in [-0.05, 0) is 55.5 Å². The summed E-state index contributed by atoms with van der Waals surface area (Å²) < 4.78 is 1.18. The second-order valence-corrected chi connectivity index (χ2v) is 6.44. The van der Waals surface area contributed by atoms with Gasteiger partial charge in [0.15, 0.2) is 0 Å². The van der Waals surface area contributed by atoms with Gasteiger partial charge in [-0.15, -0.1) is 0 Å². The zero-order chi connectivity index (χ0) is 12.3. The predicted molar refractivity (Wildman–Crippen MR) is 77.4 cm³/mol. The third-order valence-corrected chi connectivity index (χ3v) is 4.17. The molecule has 94 valence electrons. The Kier molecular flexibility index (Phi) is 4.63. The van der Waals surface area contributed by atoms with Crippen molar-refractivity contribution in [3.63, 3.8) is 0 Å². The van der Waals surface area contributed by atoms with E-state index in [0.717, 1.165) is 11.8 Å². The van der Waals surface area contributed by atoms with Crippen molar-refractivity contribution in [1.82, 2.24) is 4.90 Å². The van der Waals surface area contributed by atoms with Crippen molar-refractivity contribution >= 4 is 15.9 Å². The fourth-order valence-electron chi connectivity index (χ4n) is 2.48. The highest BCUT2D eigenvalue weighted by atomic mass is 79.9. The molecule has 0 N–H and O–H groups in total. The van der Waals surface area contributed by atoms with Gasteiger partial charge in [-0.1, -0.05) is 41.9 Å². The lowest BCUT2D eigenvalue weighted by Gasteiger charge is -2.17. The van der Waals surface area contributed by atoms with Gasteiger partial charge < -0.3 is 4.90 Å². The summed E-state index contributed by atoms with van der Waals surface area (Å²) in [6.07, 6.45) is 2.65. The van der Waals surface area contributed by atoms with Gasteiger partial charge in [0.1, 0.15) is 0 Å². The smallest absolute Gasteiger partial charge is 0.0175 e. The number of hydrogen-bond donors (Lipinski definition) is 0. The lowest BCUT2D eigenvalue weighted by atomic mass is 9.99. The Balaban J connectivity index is 1.87. The molecule has 0 spiro atoms. The quantitative estimate of drug-likeness (QED) is 0.801. The summed E-state index contributed by atoms with van der Waals surface area (Å²) in [6, 6.07) is 8.85. The highest BCUT2D eigenvalue weighted by molar-refractivity contribution is 9.10. The van der Waals surface area contributed by atoms with Crippen molar-refractivity contribution in [2.24, 2.45) is 5.92 Å². The Morgan fingerprint density at radius 1 is 1.29 bits per heavy atom. The van der Waals surface area contributed by atoms with Crippen LogP contribution in [0.15, 0.2) is 28.7 Å². The molecule has 1 nitrogen and oxygen atoms in total. The van der Waals surface area contributed by atoms with Crippen LogP contribution in [-0.4, -0.2) is 24.5 Å². The average molecular weight is 296 g/mol. The largest absolute Gasteiger partial charge is 0.303 e. The van der Waals surface area contributed by atoms with Crippen molar-refractivity contribution in [2.75, 3.05) is 19.6 Å². The zero-order valence-corrected chi connectivity index (χ0v) is 12.4. The van der Waals surface area contributed by atoms with Crippen LogP contribution in [0.2, 0.25) is 0 Å². The Morgan fingerprint density at radius 3 is 2.65 bits per heavy atom. The van der Waals surface area contributed by atoms with E-state index >= 15 is 0 Å². The predicted octanol–water partition coefficient (Wildman–Crippen LogP) is 4.28. The van der Waals surface area contributed by atoms with Crippen LogP contribution in [0.4, 0.5) is 0 Å². The van der Waals surface area contributed by atoms with Crippen LogP contribution in [0.25, 0.3) is 0 Å². The van der Waals surface area contributed by atoms with E-state index in [1.807, 2.05) is 0 Å². The molecule has 1 fully saturated rings. The molecule has 1 aliphatic rings. The van der Waals surface area contributed by atoms with Crippen LogP contribution < -0.4 is 0 Å². The molecule has 1 atom stereocenters. The van der Waals surface area contributed by atoms with Crippen LogP contribution in [0.5, 0.6) is 0 Å². The molecule has 0 aromatic heterocycles. The standard InChI is InChI=1S/C15H22BrN/c1-12(2)7-9-17-10-8-14(11-17)13-3-5-15(16)6-4-13/h3-6,12,14H,7-11H2,1-2H3. The minimum absolute atomic E-state index is 0.746. The van der Waals surface area contributed by atoms with Gasteiger partial charge in [0, 0.05) is 11.0 Å².